The topological polar surface area (TPSA) is 78.9 Å². The molecular weight excluding hydrogens is 334 g/mol. The molecule has 1 heterocycles. The van der Waals surface area contributed by atoms with E-state index in [1.165, 1.54) is 11.8 Å². The number of aromatic carboxylic acids is 1. The summed E-state index contributed by atoms with van der Waals surface area (Å²) in [5.74, 6) is -1.10. The van der Waals surface area contributed by atoms with Crippen LogP contribution in [0.5, 0.6) is 0 Å². The van der Waals surface area contributed by atoms with Crippen LogP contribution in [0.1, 0.15) is 16.1 Å². The zero-order chi connectivity index (χ0) is 16.4. The number of aromatic nitrogens is 3. The van der Waals surface area contributed by atoms with Gasteiger partial charge in [-0.2, -0.15) is 5.21 Å². The van der Waals surface area contributed by atoms with Crippen molar-refractivity contribution < 1.29 is 9.90 Å². The monoisotopic (exact) mass is 345 g/mol. The van der Waals surface area contributed by atoms with E-state index >= 15 is 0 Å². The number of hydrogen-bond acceptors (Lipinski definition) is 4. The minimum Gasteiger partial charge on any atom is -0.476 e. The van der Waals surface area contributed by atoms with Gasteiger partial charge in [-0.05, 0) is 41.8 Å². The lowest BCUT2D eigenvalue weighted by atomic mass is 10.0. The molecule has 0 unspecified atom stereocenters. The van der Waals surface area contributed by atoms with Gasteiger partial charge in [-0.25, -0.2) is 4.79 Å². The van der Waals surface area contributed by atoms with Gasteiger partial charge in [0.05, 0.1) is 0 Å². The average Bonchev–Trinajstić information content (AvgIpc) is 2.99. The van der Waals surface area contributed by atoms with Gasteiger partial charge in [-0.15, -0.1) is 10.2 Å². The van der Waals surface area contributed by atoms with Gasteiger partial charge in [0.2, 0.25) is 5.69 Å². The Morgan fingerprint density at radius 2 is 1.83 bits per heavy atom. The summed E-state index contributed by atoms with van der Waals surface area (Å²) in [6.07, 6.45) is 0. The number of benzene rings is 2. The first-order valence-corrected chi connectivity index (χ1v) is 7.92. The molecule has 7 heteroatoms. The second kappa shape index (κ2) is 6.44. The molecule has 116 valence electrons. The summed E-state index contributed by atoms with van der Waals surface area (Å²) in [5.41, 5.74) is 3.03. The van der Waals surface area contributed by atoms with E-state index in [9.17, 15) is 4.79 Å². The van der Waals surface area contributed by atoms with E-state index in [0.717, 1.165) is 26.6 Å². The fourth-order valence-electron chi connectivity index (χ4n) is 2.03. The van der Waals surface area contributed by atoms with Crippen molar-refractivity contribution in [3.8, 4) is 11.1 Å². The first-order chi connectivity index (χ1) is 11.0. The smallest absolute Gasteiger partial charge is 0.359 e. The first kappa shape index (κ1) is 15.6. The van der Waals surface area contributed by atoms with Crippen LogP contribution >= 0.6 is 23.4 Å². The predicted molar refractivity (Wildman–Crippen MR) is 89.1 cm³/mol. The van der Waals surface area contributed by atoms with E-state index in [1.54, 1.807) is 0 Å². The lowest BCUT2D eigenvalue weighted by Crippen LogP contribution is -1.98. The molecule has 0 amide bonds. The van der Waals surface area contributed by atoms with Crippen molar-refractivity contribution >= 4 is 29.3 Å². The van der Waals surface area contributed by atoms with Crippen molar-refractivity contribution in [2.24, 2.45) is 0 Å². The lowest BCUT2D eigenvalue weighted by molar-refractivity contribution is 0.0686. The molecule has 2 aromatic carbocycles. The van der Waals surface area contributed by atoms with Crippen LogP contribution in [0.4, 0.5) is 0 Å². The SMILES string of the molecule is Cc1ccc(-c2ccc(Sc3n[nH]nc3C(=O)O)cc2)cc1Cl. The van der Waals surface area contributed by atoms with Gasteiger partial charge in [-0.3, -0.25) is 0 Å². The second-order valence-corrected chi connectivity index (χ2v) is 6.34. The number of halogens is 1. The molecule has 2 N–H and O–H groups in total. The minimum atomic E-state index is -1.10. The fourth-order valence-corrected chi connectivity index (χ4v) is 3.02. The van der Waals surface area contributed by atoms with Gasteiger partial charge in [0.25, 0.3) is 0 Å². The molecule has 3 aromatic rings. The van der Waals surface area contributed by atoms with Gasteiger partial charge in [0.1, 0.15) is 0 Å². The lowest BCUT2D eigenvalue weighted by Gasteiger charge is -2.05. The van der Waals surface area contributed by atoms with Crippen molar-refractivity contribution in [2.75, 3.05) is 0 Å². The number of carbonyl (C=O) groups is 1. The largest absolute Gasteiger partial charge is 0.476 e. The molecule has 0 aliphatic rings. The number of carboxylic acids is 1. The summed E-state index contributed by atoms with van der Waals surface area (Å²) in [6, 6.07) is 13.7. The summed E-state index contributed by atoms with van der Waals surface area (Å²) in [4.78, 5) is 11.9. The number of aryl methyl sites for hydroxylation is 1. The van der Waals surface area contributed by atoms with Crippen LogP contribution in [-0.4, -0.2) is 26.5 Å². The van der Waals surface area contributed by atoms with Gasteiger partial charge >= 0.3 is 5.97 Å². The number of nitrogens with one attached hydrogen (secondary N) is 1. The maximum absolute atomic E-state index is 11.0. The highest BCUT2D eigenvalue weighted by Crippen LogP contribution is 2.31. The van der Waals surface area contributed by atoms with E-state index in [1.807, 2.05) is 49.4 Å². The van der Waals surface area contributed by atoms with Gasteiger partial charge in [0.15, 0.2) is 5.03 Å². The molecule has 0 atom stereocenters. The van der Waals surface area contributed by atoms with Crippen molar-refractivity contribution in [1.29, 1.82) is 0 Å². The molecule has 0 saturated heterocycles. The molecule has 23 heavy (non-hydrogen) atoms. The second-order valence-electron chi connectivity index (χ2n) is 4.87. The third-order valence-electron chi connectivity index (χ3n) is 3.29. The van der Waals surface area contributed by atoms with Crippen molar-refractivity contribution in [3.05, 3.63) is 58.7 Å². The van der Waals surface area contributed by atoms with Crippen molar-refractivity contribution in [3.63, 3.8) is 0 Å². The molecule has 1 aromatic heterocycles. The highest BCUT2D eigenvalue weighted by Gasteiger charge is 2.16. The Morgan fingerprint density at radius 3 is 2.48 bits per heavy atom. The summed E-state index contributed by atoms with van der Waals surface area (Å²) < 4.78 is 0. The predicted octanol–water partition coefficient (Wildman–Crippen LogP) is 4.28. The Kier molecular flexibility index (Phi) is 4.36. The van der Waals surface area contributed by atoms with E-state index in [4.69, 9.17) is 16.7 Å². The Labute approximate surface area is 141 Å². The number of carboxylic acid groups (broad SMARTS) is 1. The normalized spacial score (nSPS) is 10.7. The van der Waals surface area contributed by atoms with Crippen LogP contribution in [0.25, 0.3) is 11.1 Å². The Balaban J connectivity index is 1.83. The molecule has 0 spiro atoms. The van der Waals surface area contributed by atoms with E-state index in [2.05, 4.69) is 15.4 Å². The van der Waals surface area contributed by atoms with Crippen LogP contribution in [0.15, 0.2) is 52.4 Å². The van der Waals surface area contributed by atoms with E-state index in [0.29, 0.717) is 5.03 Å². The molecule has 0 fully saturated rings. The number of rotatable bonds is 4. The van der Waals surface area contributed by atoms with Crippen LogP contribution in [0, 0.1) is 6.92 Å². The molecular formula is C16H12ClN3O2S. The molecule has 3 rings (SSSR count). The van der Waals surface area contributed by atoms with Crippen LogP contribution < -0.4 is 0 Å². The molecule has 0 aliphatic heterocycles. The maximum Gasteiger partial charge on any atom is 0.359 e. The van der Waals surface area contributed by atoms with E-state index < -0.39 is 5.97 Å². The zero-order valence-electron chi connectivity index (χ0n) is 12.1. The van der Waals surface area contributed by atoms with Crippen LogP contribution in [0.3, 0.4) is 0 Å². The third-order valence-corrected chi connectivity index (χ3v) is 4.69. The summed E-state index contributed by atoms with van der Waals surface area (Å²) in [6.45, 7) is 1.96. The number of nitrogens with zero attached hydrogens (tertiary/aromatic N) is 2. The van der Waals surface area contributed by atoms with Crippen LogP contribution in [0.2, 0.25) is 5.02 Å². The molecule has 0 saturated carbocycles. The molecule has 0 radical (unpaired) electrons. The average molecular weight is 346 g/mol. The maximum atomic E-state index is 11.0. The van der Waals surface area contributed by atoms with Crippen molar-refractivity contribution in [1.82, 2.24) is 15.4 Å². The van der Waals surface area contributed by atoms with E-state index in [-0.39, 0.29) is 5.69 Å². The summed E-state index contributed by atoms with van der Waals surface area (Å²) in [5, 5.41) is 19.9. The number of hydrogen-bond donors (Lipinski definition) is 2. The zero-order valence-corrected chi connectivity index (χ0v) is 13.6. The summed E-state index contributed by atoms with van der Waals surface area (Å²) in [7, 11) is 0. The Morgan fingerprint density at radius 1 is 1.13 bits per heavy atom. The standard InChI is InChI=1S/C16H12ClN3O2S/c1-9-2-3-11(8-13(9)17)10-4-6-12(7-5-10)23-15-14(16(21)22)18-20-19-15/h2-8H,1H3,(H,21,22)(H,18,19,20). The molecule has 0 aliphatic carbocycles. The highest BCUT2D eigenvalue weighted by atomic mass is 35.5. The fraction of sp³-hybridized carbons (Fsp3) is 0.0625. The van der Waals surface area contributed by atoms with Gasteiger partial charge < -0.3 is 5.11 Å². The quantitative estimate of drug-likeness (QED) is 0.737. The van der Waals surface area contributed by atoms with Crippen molar-refractivity contribution in [2.45, 2.75) is 16.8 Å². The summed E-state index contributed by atoms with van der Waals surface area (Å²) >= 11 is 7.41. The Bertz CT molecular complexity index is 862. The van der Waals surface area contributed by atoms with Gasteiger partial charge in [0, 0.05) is 9.92 Å². The Hall–Kier alpha value is -2.31. The minimum absolute atomic E-state index is 0.0793. The number of aromatic amines is 1. The third kappa shape index (κ3) is 3.38. The molecule has 5 nitrogen and oxygen atoms in total. The molecule has 0 bridgehead atoms. The van der Waals surface area contributed by atoms with Crippen LogP contribution in [-0.2, 0) is 0 Å². The first-order valence-electron chi connectivity index (χ1n) is 6.73. The number of H-pyrrole nitrogens is 1. The highest BCUT2D eigenvalue weighted by molar-refractivity contribution is 7.99. The van der Waals surface area contributed by atoms with Gasteiger partial charge in [-0.1, -0.05) is 47.6 Å².